The van der Waals surface area contributed by atoms with Crippen LogP contribution in [0.1, 0.15) is 6.92 Å². The van der Waals surface area contributed by atoms with Gasteiger partial charge < -0.3 is 15.0 Å². The third-order valence-electron chi connectivity index (χ3n) is 4.66. The standard InChI is InChI=1S/C21H22N6O2/c1-13(20(28)26(2)3)22-21-23-17-11-6-5-10-16(17)19-24-18(25-27(19)21)14-8-7-9-15(12-14)29-4/h5-13H,1-4H3,(H,22,23)/t13-/m1/s1. The van der Waals surface area contributed by atoms with Crippen molar-refractivity contribution in [3.05, 3.63) is 48.5 Å². The molecule has 0 spiro atoms. The molecule has 0 bridgehead atoms. The number of hydrogen-bond donors (Lipinski definition) is 1. The Hall–Kier alpha value is -3.68. The van der Waals surface area contributed by atoms with Gasteiger partial charge in [-0.25, -0.2) is 9.97 Å². The molecule has 0 saturated carbocycles. The van der Waals surface area contributed by atoms with E-state index in [-0.39, 0.29) is 5.91 Å². The number of benzene rings is 2. The number of para-hydroxylation sites is 1. The average molecular weight is 390 g/mol. The Bertz CT molecular complexity index is 1200. The predicted octanol–water partition coefficient (Wildman–Crippen LogP) is 2.84. The monoisotopic (exact) mass is 390 g/mol. The third-order valence-corrected chi connectivity index (χ3v) is 4.66. The number of carbonyl (C=O) groups excluding carboxylic acids is 1. The molecule has 0 aliphatic carbocycles. The first kappa shape index (κ1) is 18.7. The highest BCUT2D eigenvalue weighted by Gasteiger charge is 2.19. The van der Waals surface area contributed by atoms with Crippen LogP contribution in [0.2, 0.25) is 0 Å². The number of nitrogens with zero attached hydrogens (tertiary/aromatic N) is 5. The quantitative estimate of drug-likeness (QED) is 0.564. The lowest BCUT2D eigenvalue weighted by Crippen LogP contribution is -2.37. The zero-order valence-corrected chi connectivity index (χ0v) is 16.7. The molecule has 1 N–H and O–H groups in total. The summed E-state index contributed by atoms with van der Waals surface area (Å²) >= 11 is 0. The molecule has 4 rings (SSSR count). The normalized spacial score (nSPS) is 12.1. The number of fused-ring (bicyclic) bond motifs is 3. The molecule has 8 heteroatoms. The molecule has 2 aromatic carbocycles. The van der Waals surface area contributed by atoms with Gasteiger partial charge in [0.15, 0.2) is 11.5 Å². The molecule has 1 amide bonds. The van der Waals surface area contributed by atoms with Gasteiger partial charge in [0, 0.05) is 25.0 Å². The van der Waals surface area contributed by atoms with E-state index in [1.165, 1.54) is 0 Å². The summed E-state index contributed by atoms with van der Waals surface area (Å²) in [5.74, 6) is 1.69. The molecule has 0 saturated heterocycles. The van der Waals surface area contributed by atoms with Crippen LogP contribution in [0.25, 0.3) is 27.9 Å². The minimum Gasteiger partial charge on any atom is -0.497 e. The lowest BCUT2D eigenvalue weighted by Gasteiger charge is -2.18. The molecule has 0 fully saturated rings. The van der Waals surface area contributed by atoms with E-state index in [0.29, 0.717) is 17.4 Å². The van der Waals surface area contributed by atoms with Crippen molar-refractivity contribution in [1.29, 1.82) is 0 Å². The van der Waals surface area contributed by atoms with Crippen LogP contribution >= 0.6 is 0 Å². The molecular weight excluding hydrogens is 368 g/mol. The van der Waals surface area contributed by atoms with Gasteiger partial charge in [0.25, 0.3) is 0 Å². The van der Waals surface area contributed by atoms with E-state index in [1.54, 1.807) is 37.5 Å². The van der Waals surface area contributed by atoms with Gasteiger partial charge in [-0.3, -0.25) is 4.79 Å². The van der Waals surface area contributed by atoms with Crippen molar-refractivity contribution in [2.45, 2.75) is 13.0 Å². The van der Waals surface area contributed by atoms with Gasteiger partial charge in [0.2, 0.25) is 11.9 Å². The number of nitrogens with one attached hydrogen (secondary N) is 1. The Morgan fingerprint density at radius 1 is 1.14 bits per heavy atom. The van der Waals surface area contributed by atoms with E-state index in [1.807, 2.05) is 48.5 Å². The number of carbonyl (C=O) groups is 1. The van der Waals surface area contributed by atoms with E-state index in [0.717, 1.165) is 22.2 Å². The lowest BCUT2D eigenvalue weighted by molar-refractivity contribution is -0.129. The fraction of sp³-hybridized carbons (Fsp3) is 0.238. The smallest absolute Gasteiger partial charge is 0.244 e. The Morgan fingerprint density at radius 3 is 2.69 bits per heavy atom. The molecule has 4 aromatic rings. The van der Waals surface area contributed by atoms with E-state index in [4.69, 9.17) is 9.72 Å². The number of methoxy groups -OCH3 is 1. The second-order valence-corrected chi connectivity index (χ2v) is 6.95. The van der Waals surface area contributed by atoms with Crippen LogP contribution in [0.4, 0.5) is 5.95 Å². The minimum absolute atomic E-state index is 0.0544. The Labute approximate surface area is 168 Å². The SMILES string of the molecule is COc1cccc(-c2nc3c4ccccc4nc(N[C@H](C)C(=O)N(C)C)n3n2)c1. The van der Waals surface area contributed by atoms with Gasteiger partial charge in [-0.2, -0.15) is 4.52 Å². The molecule has 2 aromatic heterocycles. The average Bonchev–Trinajstić information content (AvgIpc) is 3.19. The Kier molecular flexibility index (Phi) is 4.75. The van der Waals surface area contributed by atoms with Crippen molar-refractivity contribution in [3.8, 4) is 17.1 Å². The first-order chi connectivity index (χ1) is 14.0. The largest absolute Gasteiger partial charge is 0.497 e. The van der Waals surface area contributed by atoms with E-state index >= 15 is 0 Å². The van der Waals surface area contributed by atoms with Crippen LogP contribution in [0.5, 0.6) is 5.75 Å². The number of rotatable bonds is 5. The van der Waals surface area contributed by atoms with E-state index < -0.39 is 6.04 Å². The second-order valence-electron chi connectivity index (χ2n) is 6.95. The summed E-state index contributed by atoms with van der Waals surface area (Å²) in [4.78, 5) is 23.3. The van der Waals surface area contributed by atoms with Crippen LogP contribution in [-0.4, -0.2) is 57.6 Å². The highest BCUT2D eigenvalue weighted by atomic mass is 16.5. The van der Waals surface area contributed by atoms with Crippen LogP contribution in [0.15, 0.2) is 48.5 Å². The second kappa shape index (κ2) is 7.38. The van der Waals surface area contributed by atoms with Crippen LogP contribution in [0, 0.1) is 0 Å². The summed E-state index contributed by atoms with van der Waals surface area (Å²) in [6.45, 7) is 1.80. The zero-order valence-electron chi connectivity index (χ0n) is 16.7. The molecule has 29 heavy (non-hydrogen) atoms. The van der Waals surface area contributed by atoms with Gasteiger partial charge in [-0.15, -0.1) is 5.10 Å². The number of aromatic nitrogens is 4. The first-order valence-electron chi connectivity index (χ1n) is 9.25. The zero-order chi connectivity index (χ0) is 20.5. The fourth-order valence-electron chi connectivity index (χ4n) is 3.18. The summed E-state index contributed by atoms with van der Waals surface area (Å²) in [6, 6.07) is 14.8. The van der Waals surface area contributed by atoms with E-state index in [2.05, 4.69) is 15.4 Å². The Balaban J connectivity index is 1.88. The molecule has 0 radical (unpaired) electrons. The van der Waals surface area contributed by atoms with Crippen molar-refractivity contribution in [2.75, 3.05) is 26.5 Å². The van der Waals surface area contributed by atoms with Gasteiger partial charge in [-0.05, 0) is 31.2 Å². The van der Waals surface area contributed by atoms with E-state index in [9.17, 15) is 4.79 Å². The summed E-state index contributed by atoms with van der Waals surface area (Å²) in [5.41, 5.74) is 2.28. The van der Waals surface area contributed by atoms with Crippen molar-refractivity contribution in [3.63, 3.8) is 0 Å². The molecule has 8 nitrogen and oxygen atoms in total. The van der Waals surface area contributed by atoms with Crippen molar-refractivity contribution in [2.24, 2.45) is 0 Å². The van der Waals surface area contributed by atoms with Gasteiger partial charge >= 0.3 is 0 Å². The summed E-state index contributed by atoms with van der Waals surface area (Å²) in [6.07, 6.45) is 0. The highest BCUT2D eigenvalue weighted by Crippen LogP contribution is 2.26. The van der Waals surface area contributed by atoms with Crippen LogP contribution < -0.4 is 10.1 Å². The van der Waals surface area contributed by atoms with Gasteiger partial charge in [-0.1, -0.05) is 24.3 Å². The van der Waals surface area contributed by atoms with Crippen molar-refractivity contribution >= 4 is 28.4 Å². The first-order valence-corrected chi connectivity index (χ1v) is 9.25. The summed E-state index contributed by atoms with van der Waals surface area (Å²) in [7, 11) is 5.07. The molecule has 2 heterocycles. The van der Waals surface area contributed by atoms with Crippen molar-refractivity contribution in [1.82, 2.24) is 24.5 Å². The molecule has 0 aliphatic heterocycles. The number of anilines is 1. The molecule has 1 atom stereocenters. The third kappa shape index (κ3) is 3.44. The molecule has 148 valence electrons. The topological polar surface area (TPSA) is 84.7 Å². The summed E-state index contributed by atoms with van der Waals surface area (Å²) < 4.78 is 6.97. The number of ether oxygens (including phenoxy) is 1. The van der Waals surface area contributed by atoms with Crippen LogP contribution in [0.3, 0.4) is 0 Å². The number of likely N-dealkylation sites (N-methyl/N-ethyl adjacent to an activating group) is 1. The highest BCUT2D eigenvalue weighted by molar-refractivity contribution is 5.93. The predicted molar refractivity (Wildman–Crippen MR) is 112 cm³/mol. The lowest BCUT2D eigenvalue weighted by atomic mass is 10.2. The molecular formula is C21H22N6O2. The molecule has 0 aliphatic rings. The maximum absolute atomic E-state index is 12.3. The van der Waals surface area contributed by atoms with Crippen molar-refractivity contribution < 1.29 is 9.53 Å². The van der Waals surface area contributed by atoms with Crippen LogP contribution in [-0.2, 0) is 4.79 Å². The van der Waals surface area contributed by atoms with Gasteiger partial charge in [0.1, 0.15) is 11.8 Å². The van der Waals surface area contributed by atoms with Gasteiger partial charge in [0.05, 0.1) is 12.6 Å². The molecule has 0 unspecified atom stereocenters. The Morgan fingerprint density at radius 2 is 1.93 bits per heavy atom. The number of hydrogen-bond acceptors (Lipinski definition) is 6. The maximum Gasteiger partial charge on any atom is 0.244 e. The summed E-state index contributed by atoms with van der Waals surface area (Å²) in [5, 5.41) is 8.73. The fourth-order valence-corrected chi connectivity index (χ4v) is 3.18. The minimum atomic E-state index is -0.466. The maximum atomic E-state index is 12.3. The number of amides is 1.